The number of ether oxygens (including phenoxy) is 2. The van der Waals surface area contributed by atoms with Crippen LogP contribution in [-0.2, 0) is 32.7 Å². The van der Waals surface area contributed by atoms with Crippen molar-refractivity contribution in [3.05, 3.63) is 0 Å². The average Bonchev–Trinajstić information content (AvgIpc) is 2.97. The summed E-state index contributed by atoms with van der Waals surface area (Å²) in [5.41, 5.74) is 5.32. The number of phosphoric ester groups is 1. The minimum absolute atomic E-state index is 0.0552. The number of hydrogen-bond donors (Lipinski definition) is 2. The zero-order valence-corrected chi connectivity index (χ0v) is 29.8. The van der Waals surface area contributed by atoms with Gasteiger partial charge < -0.3 is 20.1 Å². The Hall–Kier alpha value is -0.990. The molecule has 0 heterocycles. The first-order valence-electron chi connectivity index (χ1n) is 17.6. The third-order valence-electron chi connectivity index (χ3n) is 8.11. The zero-order chi connectivity index (χ0) is 33.1. The van der Waals surface area contributed by atoms with Crippen molar-refractivity contribution in [3.63, 3.8) is 0 Å². The molecular formula is C34H68NO8P. The molecular weight excluding hydrogens is 581 g/mol. The van der Waals surface area contributed by atoms with Crippen molar-refractivity contribution < 1.29 is 37.6 Å². The normalized spacial score (nSPS) is 14.5. The molecule has 0 rings (SSSR count). The lowest BCUT2D eigenvalue weighted by Crippen LogP contribution is -2.29. The largest absolute Gasteiger partial charge is 0.472 e. The lowest BCUT2D eigenvalue weighted by molar-refractivity contribution is -0.161. The first-order chi connectivity index (χ1) is 21.0. The van der Waals surface area contributed by atoms with Gasteiger partial charge in [0.25, 0.3) is 0 Å². The molecule has 44 heavy (non-hydrogen) atoms. The summed E-state index contributed by atoms with van der Waals surface area (Å²) in [5.74, 6) is 1.47. The van der Waals surface area contributed by atoms with Gasteiger partial charge in [-0.25, -0.2) is 4.57 Å². The number of unbranched alkanes of at least 4 members (excludes halogenated alkanes) is 13. The van der Waals surface area contributed by atoms with Gasteiger partial charge in [-0.2, -0.15) is 0 Å². The Morgan fingerprint density at radius 3 is 1.64 bits per heavy atom. The molecule has 0 saturated heterocycles. The maximum atomic E-state index is 12.5. The van der Waals surface area contributed by atoms with E-state index in [9.17, 15) is 19.0 Å². The molecule has 0 aromatic carbocycles. The molecule has 10 heteroatoms. The van der Waals surface area contributed by atoms with Crippen LogP contribution in [0.1, 0.15) is 157 Å². The second-order valence-corrected chi connectivity index (χ2v) is 14.6. The lowest BCUT2D eigenvalue weighted by atomic mass is 9.92. The molecule has 3 unspecified atom stereocenters. The molecule has 0 saturated carbocycles. The molecule has 0 aliphatic heterocycles. The number of nitrogens with two attached hydrogens (primary N) is 1. The summed E-state index contributed by atoms with van der Waals surface area (Å²) in [5, 5.41) is 0. The van der Waals surface area contributed by atoms with Crippen LogP contribution in [0.25, 0.3) is 0 Å². The van der Waals surface area contributed by atoms with E-state index >= 15 is 0 Å². The van der Waals surface area contributed by atoms with Crippen LogP contribution in [0.4, 0.5) is 0 Å². The predicted molar refractivity (Wildman–Crippen MR) is 178 cm³/mol. The van der Waals surface area contributed by atoms with E-state index < -0.39 is 26.5 Å². The van der Waals surface area contributed by atoms with Crippen LogP contribution >= 0.6 is 7.82 Å². The molecule has 9 nitrogen and oxygen atoms in total. The standard InChI is InChI=1S/C34H68NO8P/c1-29(2)21-17-13-9-6-7-11-16-20-24-34(37)43-32(28-42-44(38,39)41-26-25-35)27-40-33(36)23-19-15-12-8-10-14-18-22-31(5)30(3)4/h29-32H,6-28,35H2,1-5H3,(H,38,39). The van der Waals surface area contributed by atoms with E-state index in [1.54, 1.807) is 0 Å². The van der Waals surface area contributed by atoms with Crippen LogP contribution in [0, 0.1) is 17.8 Å². The Morgan fingerprint density at radius 1 is 0.659 bits per heavy atom. The summed E-state index contributed by atoms with van der Waals surface area (Å²) < 4.78 is 32.6. The maximum Gasteiger partial charge on any atom is 0.472 e. The number of carbonyl (C=O) groups is 2. The van der Waals surface area contributed by atoms with Gasteiger partial charge in [-0.15, -0.1) is 0 Å². The number of rotatable bonds is 31. The Bertz CT molecular complexity index is 749. The van der Waals surface area contributed by atoms with Crippen molar-refractivity contribution >= 4 is 19.8 Å². The molecule has 0 aromatic heterocycles. The van der Waals surface area contributed by atoms with Crippen molar-refractivity contribution in [1.29, 1.82) is 0 Å². The van der Waals surface area contributed by atoms with Crippen molar-refractivity contribution in [2.75, 3.05) is 26.4 Å². The SMILES string of the molecule is CC(C)CCCCCCCCCCC(=O)OC(COC(=O)CCCCCCCCCC(C)C(C)C)COP(=O)(O)OCCN. The third kappa shape index (κ3) is 28.5. The smallest absolute Gasteiger partial charge is 0.462 e. The molecule has 0 fully saturated rings. The van der Waals surface area contributed by atoms with Crippen molar-refractivity contribution in [3.8, 4) is 0 Å². The molecule has 0 aliphatic rings. The Morgan fingerprint density at radius 2 is 1.14 bits per heavy atom. The van der Waals surface area contributed by atoms with Crippen LogP contribution in [-0.4, -0.2) is 49.3 Å². The molecule has 0 aromatic rings. The molecule has 0 amide bonds. The molecule has 3 atom stereocenters. The van der Waals surface area contributed by atoms with E-state index in [-0.39, 0.29) is 38.6 Å². The van der Waals surface area contributed by atoms with Gasteiger partial charge in [0.1, 0.15) is 6.61 Å². The van der Waals surface area contributed by atoms with Gasteiger partial charge in [-0.3, -0.25) is 18.6 Å². The van der Waals surface area contributed by atoms with E-state index in [1.165, 1.54) is 64.2 Å². The third-order valence-corrected chi connectivity index (χ3v) is 9.10. The number of esters is 2. The second kappa shape index (κ2) is 28.3. The summed E-state index contributed by atoms with van der Waals surface area (Å²) in [6.45, 7) is 10.6. The predicted octanol–water partition coefficient (Wildman–Crippen LogP) is 8.89. The van der Waals surface area contributed by atoms with Gasteiger partial charge in [0, 0.05) is 19.4 Å². The monoisotopic (exact) mass is 649 g/mol. The summed E-state index contributed by atoms with van der Waals surface area (Å²) in [6.07, 6.45) is 18.8. The fourth-order valence-electron chi connectivity index (χ4n) is 4.84. The highest BCUT2D eigenvalue weighted by Crippen LogP contribution is 2.43. The highest BCUT2D eigenvalue weighted by molar-refractivity contribution is 7.47. The molecule has 0 bridgehead atoms. The summed E-state index contributed by atoms with van der Waals surface area (Å²) in [6, 6.07) is 0. The second-order valence-electron chi connectivity index (χ2n) is 13.2. The summed E-state index contributed by atoms with van der Waals surface area (Å²) >= 11 is 0. The minimum atomic E-state index is -4.36. The Kier molecular flexibility index (Phi) is 27.6. The highest BCUT2D eigenvalue weighted by atomic mass is 31.2. The molecule has 262 valence electrons. The van der Waals surface area contributed by atoms with Crippen molar-refractivity contribution in [2.24, 2.45) is 23.5 Å². The van der Waals surface area contributed by atoms with Gasteiger partial charge in [0.2, 0.25) is 0 Å². The van der Waals surface area contributed by atoms with E-state index in [1.807, 2.05) is 0 Å². The molecule has 0 aliphatic carbocycles. The zero-order valence-electron chi connectivity index (χ0n) is 28.9. The fraction of sp³-hybridized carbons (Fsp3) is 0.941. The summed E-state index contributed by atoms with van der Waals surface area (Å²) in [4.78, 5) is 34.6. The lowest BCUT2D eigenvalue weighted by Gasteiger charge is -2.19. The van der Waals surface area contributed by atoms with Gasteiger partial charge >= 0.3 is 19.8 Å². The molecule has 0 radical (unpaired) electrons. The van der Waals surface area contributed by atoms with Crippen LogP contribution < -0.4 is 5.73 Å². The van der Waals surface area contributed by atoms with Gasteiger partial charge in [-0.05, 0) is 30.6 Å². The van der Waals surface area contributed by atoms with E-state index in [2.05, 4.69) is 34.6 Å². The molecule has 0 spiro atoms. The molecule has 3 N–H and O–H groups in total. The van der Waals surface area contributed by atoms with E-state index in [0.717, 1.165) is 56.3 Å². The highest BCUT2D eigenvalue weighted by Gasteiger charge is 2.26. The van der Waals surface area contributed by atoms with E-state index in [4.69, 9.17) is 24.3 Å². The van der Waals surface area contributed by atoms with Crippen LogP contribution in [0.15, 0.2) is 0 Å². The van der Waals surface area contributed by atoms with Crippen LogP contribution in [0.5, 0.6) is 0 Å². The van der Waals surface area contributed by atoms with E-state index in [0.29, 0.717) is 6.42 Å². The first kappa shape index (κ1) is 43.0. The number of hydrogen-bond acceptors (Lipinski definition) is 8. The number of phosphoric acid groups is 1. The van der Waals surface area contributed by atoms with Gasteiger partial charge in [0.05, 0.1) is 13.2 Å². The summed E-state index contributed by atoms with van der Waals surface area (Å²) in [7, 11) is -4.36. The number of carbonyl (C=O) groups excluding carboxylic acids is 2. The average molecular weight is 650 g/mol. The maximum absolute atomic E-state index is 12.5. The fourth-order valence-corrected chi connectivity index (χ4v) is 5.60. The van der Waals surface area contributed by atoms with Gasteiger partial charge in [-0.1, -0.05) is 131 Å². The van der Waals surface area contributed by atoms with Crippen molar-refractivity contribution in [1.82, 2.24) is 0 Å². The van der Waals surface area contributed by atoms with Crippen LogP contribution in [0.2, 0.25) is 0 Å². The topological polar surface area (TPSA) is 134 Å². The van der Waals surface area contributed by atoms with Crippen LogP contribution in [0.3, 0.4) is 0 Å². The quantitative estimate of drug-likeness (QED) is 0.0429. The first-order valence-corrected chi connectivity index (χ1v) is 19.1. The Labute approximate surface area is 269 Å². The van der Waals surface area contributed by atoms with Gasteiger partial charge in [0.15, 0.2) is 6.10 Å². The van der Waals surface area contributed by atoms with Crippen molar-refractivity contribution in [2.45, 2.75) is 163 Å². The Balaban J connectivity index is 4.30. The minimum Gasteiger partial charge on any atom is -0.462 e.